The van der Waals surface area contributed by atoms with E-state index < -0.39 is 5.41 Å². The van der Waals surface area contributed by atoms with E-state index in [0.29, 0.717) is 22.7 Å². The Bertz CT molecular complexity index is 919. The van der Waals surface area contributed by atoms with E-state index in [4.69, 9.17) is 11.6 Å². The molecule has 1 heterocycles. The maximum absolute atomic E-state index is 14.0. The first-order valence-corrected chi connectivity index (χ1v) is 10.5. The highest BCUT2D eigenvalue weighted by Crippen LogP contribution is 2.43. The van der Waals surface area contributed by atoms with E-state index in [0.717, 1.165) is 5.56 Å². The molecular formula is C21H22ClFN2O2S. The predicted octanol–water partition coefficient (Wildman–Crippen LogP) is 5.12. The molecule has 1 N–H and O–H groups in total. The Morgan fingerprint density at radius 1 is 1.32 bits per heavy atom. The maximum atomic E-state index is 14.0. The Labute approximate surface area is 173 Å². The number of alkyl halides is 1. The molecule has 1 aliphatic rings. The zero-order chi connectivity index (χ0) is 20.5. The number of halogens is 2. The molecule has 4 nitrogen and oxygen atoms in total. The average molecular weight is 421 g/mol. The average Bonchev–Trinajstić information content (AvgIpc) is 3.05. The summed E-state index contributed by atoms with van der Waals surface area (Å²) in [6, 6.07) is 12.1. The van der Waals surface area contributed by atoms with Gasteiger partial charge in [0.1, 0.15) is 11.2 Å². The highest BCUT2D eigenvalue weighted by molar-refractivity contribution is 8.00. The molecule has 0 aromatic heterocycles. The summed E-state index contributed by atoms with van der Waals surface area (Å²) < 4.78 is 14.0. The van der Waals surface area contributed by atoms with Crippen LogP contribution >= 0.6 is 23.4 Å². The van der Waals surface area contributed by atoms with Gasteiger partial charge in [-0.3, -0.25) is 14.5 Å². The molecule has 0 saturated carbocycles. The predicted molar refractivity (Wildman–Crippen MR) is 113 cm³/mol. The summed E-state index contributed by atoms with van der Waals surface area (Å²) in [4.78, 5) is 26.6. The summed E-state index contributed by atoms with van der Waals surface area (Å²) in [6.45, 7) is 5.22. The van der Waals surface area contributed by atoms with E-state index in [9.17, 15) is 14.0 Å². The molecule has 28 heavy (non-hydrogen) atoms. The fraction of sp³-hybridized carbons (Fsp3) is 0.333. The zero-order valence-corrected chi connectivity index (χ0v) is 17.5. The highest BCUT2D eigenvalue weighted by atomic mass is 35.5. The molecule has 2 aromatic rings. The number of hydrogen-bond acceptors (Lipinski definition) is 3. The third kappa shape index (κ3) is 4.03. The summed E-state index contributed by atoms with van der Waals surface area (Å²) in [5.74, 6) is -0.0615. The number of rotatable bonds is 5. The number of hydrogen-bond donors (Lipinski definition) is 1. The van der Waals surface area contributed by atoms with Gasteiger partial charge in [-0.05, 0) is 50.6 Å². The summed E-state index contributed by atoms with van der Waals surface area (Å²) >= 11 is 7.36. The molecule has 3 rings (SSSR count). The minimum absolute atomic E-state index is 0.0681. The molecule has 2 amide bonds. The van der Waals surface area contributed by atoms with Crippen molar-refractivity contribution < 1.29 is 14.0 Å². The number of benzene rings is 2. The van der Waals surface area contributed by atoms with Crippen molar-refractivity contribution in [3.63, 3.8) is 0 Å². The molecule has 1 unspecified atom stereocenters. The topological polar surface area (TPSA) is 49.4 Å². The molecule has 0 aliphatic carbocycles. The Kier molecular flexibility index (Phi) is 6.01. The lowest BCUT2D eigenvalue weighted by Crippen LogP contribution is -2.32. The highest BCUT2D eigenvalue weighted by Gasteiger charge is 2.35. The molecule has 1 saturated heterocycles. The molecule has 0 spiro atoms. The fourth-order valence-electron chi connectivity index (χ4n) is 2.92. The van der Waals surface area contributed by atoms with Crippen LogP contribution in [0.3, 0.4) is 0 Å². The van der Waals surface area contributed by atoms with Crippen LogP contribution in [0.5, 0.6) is 0 Å². The number of nitrogens with one attached hydrogen (secondary N) is 1. The summed E-state index contributed by atoms with van der Waals surface area (Å²) in [5, 5.41) is 2.60. The van der Waals surface area contributed by atoms with Crippen LogP contribution in [0.4, 0.5) is 15.8 Å². The monoisotopic (exact) mass is 420 g/mol. The van der Waals surface area contributed by atoms with E-state index >= 15 is 0 Å². The lowest BCUT2D eigenvalue weighted by Gasteiger charge is -2.26. The van der Waals surface area contributed by atoms with Crippen molar-refractivity contribution in [3.8, 4) is 0 Å². The van der Waals surface area contributed by atoms with Crippen LogP contribution in [0.1, 0.15) is 30.3 Å². The third-order valence-corrected chi connectivity index (χ3v) is 6.63. The summed E-state index contributed by atoms with van der Waals surface area (Å²) in [7, 11) is 0. The largest absolute Gasteiger partial charge is 0.326 e. The van der Waals surface area contributed by atoms with Gasteiger partial charge < -0.3 is 5.32 Å². The number of carbonyl (C=O) groups excluding carboxylic acids is 2. The lowest BCUT2D eigenvalue weighted by molar-refractivity contribution is -0.123. The van der Waals surface area contributed by atoms with Crippen LogP contribution in [-0.4, -0.2) is 23.4 Å². The Morgan fingerprint density at radius 3 is 2.75 bits per heavy atom. The number of nitrogens with zero attached hydrogens (tertiary/aromatic N) is 1. The van der Waals surface area contributed by atoms with Gasteiger partial charge in [0.05, 0.1) is 16.9 Å². The third-order valence-electron chi connectivity index (χ3n) is 4.74. The Balaban J connectivity index is 1.91. The number of amides is 2. The van der Waals surface area contributed by atoms with Crippen molar-refractivity contribution in [1.29, 1.82) is 0 Å². The second-order valence-electron chi connectivity index (χ2n) is 7.41. The Hall–Kier alpha value is -2.05. The maximum Gasteiger partial charge on any atom is 0.238 e. The van der Waals surface area contributed by atoms with Gasteiger partial charge in [0.25, 0.3) is 0 Å². The molecule has 1 atom stereocenters. The first-order valence-electron chi connectivity index (χ1n) is 8.91. The first-order chi connectivity index (χ1) is 13.2. The molecule has 148 valence electrons. The van der Waals surface area contributed by atoms with Gasteiger partial charge in [-0.1, -0.05) is 18.2 Å². The summed E-state index contributed by atoms with van der Waals surface area (Å²) in [5.41, 5.74) is 1.81. The molecule has 2 aromatic carbocycles. The van der Waals surface area contributed by atoms with Gasteiger partial charge in [0.15, 0.2) is 0 Å². The van der Waals surface area contributed by atoms with Crippen LogP contribution in [0.2, 0.25) is 0 Å². The van der Waals surface area contributed by atoms with Gasteiger partial charge in [0.2, 0.25) is 11.8 Å². The van der Waals surface area contributed by atoms with Gasteiger partial charge in [0, 0.05) is 17.1 Å². The molecule has 0 bridgehead atoms. The number of anilines is 2. The van der Waals surface area contributed by atoms with Crippen LogP contribution < -0.4 is 10.2 Å². The molecule has 1 fully saturated rings. The van der Waals surface area contributed by atoms with Crippen LogP contribution in [0.25, 0.3) is 0 Å². The Morgan fingerprint density at radius 2 is 2.04 bits per heavy atom. The summed E-state index contributed by atoms with van der Waals surface area (Å²) in [6.07, 6.45) is 0. The van der Waals surface area contributed by atoms with Crippen LogP contribution in [0.15, 0.2) is 42.5 Å². The smallest absolute Gasteiger partial charge is 0.238 e. The minimum Gasteiger partial charge on any atom is -0.326 e. The van der Waals surface area contributed by atoms with Crippen molar-refractivity contribution in [2.24, 2.45) is 5.41 Å². The normalized spacial score (nSPS) is 17.1. The second kappa shape index (κ2) is 8.13. The number of carbonyl (C=O) groups is 2. The fourth-order valence-corrected chi connectivity index (χ4v) is 4.20. The lowest BCUT2D eigenvalue weighted by atomic mass is 9.95. The van der Waals surface area contributed by atoms with E-state index in [2.05, 4.69) is 5.32 Å². The van der Waals surface area contributed by atoms with Crippen molar-refractivity contribution in [2.45, 2.75) is 26.1 Å². The van der Waals surface area contributed by atoms with Crippen LogP contribution in [-0.2, 0) is 9.59 Å². The van der Waals surface area contributed by atoms with Gasteiger partial charge in [-0.2, -0.15) is 0 Å². The van der Waals surface area contributed by atoms with Crippen molar-refractivity contribution in [2.75, 3.05) is 21.8 Å². The first kappa shape index (κ1) is 20.7. The number of thioether (sulfide) groups is 1. The molecule has 1 aliphatic heterocycles. The van der Waals surface area contributed by atoms with Gasteiger partial charge in [-0.15, -0.1) is 23.4 Å². The second-order valence-corrected chi connectivity index (χ2v) is 8.74. The standard InChI is InChI=1S/C21H22ClFN2O2S/c1-13-16(23)8-5-9-17(13)25-18(26)11-28-19(25)14-6-4-7-15(10-14)24-20(27)21(2,3)12-22/h4-10,19H,11-12H2,1-3H3,(H,24,27). The van der Waals surface area contributed by atoms with E-state index in [1.165, 1.54) is 17.8 Å². The van der Waals surface area contributed by atoms with Crippen molar-refractivity contribution in [1.82, 2.24) is 0 Å². The molecular weight excluding hydrogens is 399 g/mol. The van der Waals surface area contributed by atoms with E-state index in [1.807, 2.05) is 18.2 Å². The molecule has 7 heteroatoms. The zero-order valence-electron chi connectivity index (χ0n) is 16.0. The van der Waals surface area contributed by atoms with E-state index in [1.54, 1.807) is 43.9 Å². The van der Waals surface area contributed by atoms with Crippen molar-refractivity contribution in [3.05, 3.63) is 59.4 Å². The SMILES string of the molecule is Cc1c(F)cccc1N1C(=O)CSC1c1cccc(NC(=O)C(C)(C)CCl)c1. The minimum atomic E-state index is -0.694. The van der Waals surface area contributed by atoms with Gasteiger partial charge in [-0.25, -0.2) is 4.39 Å². The van der Waals surface area contributed by atoms with Crippen LogP contribution in [0, 0.1) is 18.2 Å². The van der Waals surface area contributed by atoms with Gasteiger partial charge >= 0.3 is 0 Å². The molecule has 0 radical (unpaired) electrons. The van der Waals surface area contributed by atoms with Crippen molar-refractivity contribution >= 4 is 46.6 Å². The van der Waals surface area contributed by atoms with E-state index in [-0.39, 0.29) is 28.9 Å². The quantitative estimate of drug-likeness (QED) is 0.683.